The van der Waals surface area contributed by atoms with Crippen molar-refractivity contribution in [1.29, 1.82) is 0 Å². The van der Waals surface area contributed by atoms with Crippen molar-refractivity contribution in [2.45, 2.75) is 19.3 Å². The summed E-state index contributed by atoms with van der Waals surface area (Å²) in [5, 5.41) is 16.2. The third kappa shape index (κ3) is 2.03. The standard InChI is InChI=1S/C13H16N4O2/c1-15-11-8-12(16-5-3-2-4-6-16)13(17(18)19)7-10(11)9-14-15/h7-9H,2-6H2,1H3. The van der Waals surface area contributed by atoms with E-state index in [1.54, 1.807) is 16.9 Å². The first-order chi connectivity index (χ1) is 9.16. The molecule has 0 radical (unpaired) electrons. The van der Waals surface area contributed by atoms with E-state index in [1.807, 2.05) is 13.1 Å². The summed E-state index contributed by atoms with van der Waals surface area (Å²) in [7, 11) is 1.86. The van der Waals surface area contributed by atoms with E-state index in [0.717, 1.165) is 42.5 Å². The van der Waals surface area contributed by atoms with Crippen LogP contribution in [0.2, 0.25) is 0 Å². The maximum atomic E-state index is 11.3. The highest BCUT2D eigenvalue weighted by atomic mass is 16.6. The van der Waals surface area contributed by atoms with Gasteiger partial charge in [0.05, 0.1) is 16.6 Å². The van der Waals surface area contributed by atoms with Crippen LogP contribution >= 0.6 is 0 Å². The summed E-state index contributed by atoms with van der Waals surface area (Å²) in [5.41, 5.74) is 1.84. The lowest BCUT2D eigenvalue weighted by Crippen LogP contribution is -2.29. The SMILES string of the molecule is Cn1ncc2cc([N+](=O)[O-])c(N3CCCCC3)cc21. The molecule has 1 fully saturated rings. The zero-order valence-electron chi connectivity index (χ0n) is 10.9. The zero-order valence-corrected chi connectivity index (χ0v) is 10.9. The minimum Gasteiger partial charge on any atom is -0.366 e. The Kier molecular flexibility index (Phi) is 2.85. The van der Waals surface area contributed by atoms with Crippen molar-refractivity contribution in [2.75, 3.05) is 18.0 Å². The largest absolute Gasteiger partial charge is 0.366 e. The van der Waals surface area contributed by atoms with Gasteiger partial charge in [0.1, 0.15) is 5.69 Å². The molecule has 6 heteroatoms. The van der Waals surface area contributed by atoms with E-state index in [9.17, 15) is 10.1 Å². The van der Waals surface area contributed by atoms with Gasteiger partial charge in [-0.15, -0.1) is 0 Å². The molecule has 0 bridgehead atoms. The Bertz CT molecular complexity index is 629. The molecule has 100 valence electrons. The van der Waals surface area contributed by atoms with E-state index in [4.69, 9.17) is 0 Å². The van der Waals surface area contributed by atoms with Gasteiger partial charge in [-0.05, 0) is 25.3 Å². The highest BCUT2D eigenvalue weighted by molar-refractivity contribution is 5.87. The Labute approximate surface area is 110 Å². The number of nitro groups is 1. The second kappa shape index (κ2) is 4.53. The lowest BCUT2D eigenvalue weighted by Gasteiger charge is -2.28. The highest BCUT2D eigenvalue weighted by Gasteiger charge is 2.22. The van der Waals surface area contributed by atoms with Crippen LogP contribution < -0.4 is 4.90 Å². The van der Waals surface area contributed by atoms with E-state index in [1.165, 1.54) is 6.42 Å². The fraction of sp³-hybridized carbons (Fsp3) is 0.462. The number of anilines is 1. The third-order valence-electron chi connectivity index (χ3n) is 3.74. The predicted octanol–water partition coefficient (Wildman–Crippen LogP) is 2.47. The molecule has 0 N–H and O–H groups in total. The van der Waals surface area contributed by atoms with Crippen molar-refractivity contribution in [1.82, 2.24) is 9.78 Å². The normalized spacial score (nSPS) is 15.9. The minimum absolute atomic E-state index is 0.183. The Balaban J connectivity index is 2.15. The Hall–Kier alpha value is -2.11. The molecular formula is C13H16N4O2. The smallest absolute Gasteiger partial charge is 0.293 e. The van der Waals surface area contributed by atoms with E-state index < -0.39 is 0 Å². The van der Waals surface area contributed by atoms with Crippen LogP contribution in [0.25, 0.3) is 10.9 Å². The minimum atomic E-state index is -0.295. The highest BCUT2D eigenvalue weighted by Crippen LogP contribution is 2.34. The van der Waals surface area contributed by atoms with Crippen LogP contribution in [0.5, 0.6) is 0 Å². The van der Waals surface area contributed by atoms with Crippen molar-refractivity contribution in [2.24, 2.45) is 7.05 Å². The summed E-state index contributed by atoms with van der Waals surface area (Å²) in [4.78, 5) is 13.1. The Morgan fingerprint density at radius 2 is 2.00 bits per heavy atom. The van der Waals surface area contributed by atoms with Crippen LogP contribution in [0.1, 0.15) is 19.3 Å². The number of benzene rings is 1. The van der Waals surface area contributed by atoms with Gasteiger partial charge in [-0.1, -0.05) is 0 Å². The van der Waals surface area contributed by atoms with Crippen LogP contribution in [-0.2, 0) is 7.05 Å². The average molecular weight is 260 g/mol. The molecule has 3 rings (SSSR count). The maximum absolute atomic E-state index is 11.3. The number of hydrogen-bond acceptors (Lipinski definition) is 4. The van der Waals surface area contributed by atoms with Gasteiger partial charge in [0, 0.05) is 31.6 Å². The molecule has 2 heterocycles. The number of hydrogen-bond donors (Lipinski definition) is 0. The lowest BCUT2D eigenvalue weighted by molar-refractivity contribution is -0.384. The molecule has 2 aromatic rings. The number of aryl methyl sites for hydroxylation is 1. The first-order valence-electron chi connectivity index (χ1n) is 6.52. The first-order valence-corrected chi connectivity index (χ1v) is 6.52. The summed E-state index contributed by atoms with van der Waals surface area (Å²) in [6.07, 6.45) is 5.07. The number of fused-ring (bicyclic) bond motifs is 1. The van der Waals surface area contributed by atoms with Crippen molar-refractivity contribution in [3.05, 3.63) is 28.4 Å². The zero-order chi connectivity index (χ0) is 13.4. The van der Waals surface area contributed by atoms with Gasteiger partial charge in [0.2, 0.25) is 0 Å². The van der Waals surface area contributed by atoms with E-state index in [0.29, 0.717) is 0 Å². The molecule has 19 heavy (non-hydrogen) atoms. The van der Waals surface area contributed by atoms with E-state index in [2.05, 4.69) is 10.00 Å². The number of nitro benzene ring substituents is 1. The molecule has 0 aliphatic carbocycles. The summed E-state index contributed by atoms with van der Waals surface area (Å²) >= 11 is 0. The van der Waals surface area contributed by atoms with E-state index in [-0.39, 0.29) is 10.6 Å². The van der Waals surface area contributed by atoms with Gasteiger partial charge >= 0.3 is 0 Å². The van der Waals surface area contributed by atoms with Gasteiger partial charge in [0.25, 0.3) is 5.69 Å². The molecular weight excluding hydrogens is 244 g/mol. The van der Waals surface area contributed by atoms with Crippen LogP contribution in [0.4, 0.5) is 11.4 Å². The average Bonchev–Trinajstić information content (AvgIpc) is 2.79. The fourth-order valence-corrected chi connectivity index (χ4v) is 2.71. The predicted molar refractivity (Wildman–Crippen MR) is 73.4 cm³/mol. The molecule has 6 nitrogen and oxygen atoms in total. The molecule has 1 saturated heterocycles. The number of piperidine rings is 1. The summed E-state index contributed by atoms with van der Waals surface area (Å²) in [5.74, 6) is 0. The number of aromatic nitrogens is 2. The van der Waals surface area contributed by atoms with Gasteiger partial charge in [-0.2, -0.15) is 5.10 Å². The second-order valence-corrected chi connectivity index (χ2v) is 4.97. The molecule has 1 aromatic heterocycles. The van der Waals surface area contributed by atoms with Crippen LogP contribution in [0, 0.1) is 10.1 Å². The topological polar surface area (TPSA) is 64.2 Å². The number of rotatable bonds is 2. The van der Waals surface area contributed by atoms with Crippen molar-refractivity contribution < 1.29 is 4.92 Å². The van der Waals surface area contributed by atoms with Gasteiger partial charge in [-0.3, -0.25) is 14.8 Å². The van der Waals surface area contributed by atoms with Crippen LogP contribution in [0.15, 0.2) is 18.3 Å². The summed E-state index contributed by atoms with van der Waals surface area (Å²) in [6, 6.07) is 3.53. The lowest BCUT2D eigenvalue weighted by atomic mass is 10.1. The van der Waals surface area contributed by atoms with Gasteiger partial charge < -0.3 is 4.90 Å². The first kappa shape index (κ1) is 12.0. The molecule has 1 aromatic carbocycles. The summed E-state index contributed by atoms with van der Waals surface area (Å²) in [6.45, 7) is 1.79. The van der Waals surface area contributed by atoms with Crippen LogP contribution in [0.3, 0.4) is 0 Å². The Morgan fingerprint density at radius 3 is 2.68 bits per heavy atom. The molecule has 0 spiro atoms. The molecule has 0 saturated carbocycles. The molecule has 0 unspecified atom stereocenters. The molecule has 0 atom stereocenters. The van der Waals surface area contributed by atoms with Crippen molar-refractivity contribution in [3.63, 3.8) is 0 Å². The fourth-order valence-electron chi connectivity index (χ4n) is 2.71. The summed E-state index contributed by atoms with van der Waals surface area (Å²) < 4.78 is 1.76. The monoisotopic (exact) mass is 260 g/mol. The quantitative estimate of drug-likeness (QED) is 0.614. The molecule has 1 aliphatic rings. The van der Waals surface area contributed by atoms with Crippen molar-refractivity contribution >= 4 is 22.3 Å². The third-order valence-corrected chi connectivity index (χ3v) is 3.74. The van der Waals surface area contributed by atoms with Gasteiger partial charge in [0.15, 0.2) is 0 Å². The van der Waals surface area contributed by atoms with E-state index >= 15 is 0 Å². The van der Waals surface area contributed by atoms with Gasteiger partial charge in [-0.25, -0.2) is 0 Å². The number of nitrogens with zero attached hydrogens (tertiary/aromatic N) is 4. The second-order valence-electron chi connectivity index (χ2n) is 4.97. The molecule has 0 amide bonds. The maximum Gasteiger partial charge on any atom is 0.293 e. The Morgan fingerprint density at radius 1 is 1.26 bits per heavy atom. The molecule has 1 aliphatic heterocycles. The van der Waals surface area contributed by atoms with Crippen LogP contribution in [-0.4, -0.2) is 27.8 Å². The van der Waals surface area contributed by atoms with Crippen molar-refractivity contribution in [3.8, 4) is 0 Å².